The summed E-state index contributed by atoms with van der Waals surface area (Å²) in [4.78, 5) is 29.0. The van der Waals surface area contributed by atoms with Crippen molar-refractivity contribution < 1.29 is 19.1 Å². The van der Waals surface area contributed by atoms with E-state index in [-0.39, 0.29) is 18.5 Å². The average Bonchev–Trinajstić information content (AvgIpc) is 3.21. The number of aryl methyl sites for hydroxylation is 1. The molecule has 2 heterocycles. The van der Waals surface area contributed by atoms with Crippen LogP contribution in [0.4, 0.5) is 0 Å². The van der Waals surface area contributed by atoms with Crippen molar-refractivity contribution in [3.63, 3.8) is 0 Å². The van der Waals surface area contributed by atoms with Crippen LogP contribution in [0.2, 0.25) is 0 Å². The molecule has 0 saturated carbocycles. The number of Topliss-reactive ketones (excluding diaryl/α,β-unsaturated/α-hetero) is 1. The fourth-order valence-electron chi connectivity index (χ4n) is 3.57. The topological polar surface area (TPSA) is 59.1 Å². The summed E-state index contributed by atoms with van der Waals surface area (Å²) in [6.07, 6.45) is 1.29. The fraction of sp³-hybridized carbons (Fsp3) is 0.364. The van der Waals surface area contributed by atoms with Gasteiger partial charge >= 0.3 is 0 Å². The van der Waals surface area contributed by atoms with Gasteiger partial charge in [-0.15, -0.1) is 0 Å². The number of carbonyl (C=O) groups excluding carboxylic acids is 2. The molecule has 0 spiro atoms. The van der Waals surface area contributed by atoms with Crippen molar-refractivity contribution in [1.29, 1.82) is 0 Å². The molecule has 146 valence electrons. The van der Waals surface area contributed by atoms with E-state index in [9.17, 15) is 9.59 Å². The minimum atomic E-state index is 0.0576. The van der Waals surface area contributed by atoms with Gasteiger partial charge in [0.05, 0.1) is 6.54 Å². The number of carbonyl (C=O) groups is 2. The summed E-state index contributed by atoms with van der Waals surface area (Å²) in [6.45, 7) is 3.32. The molecule has 2 aromatic carbocycles. The molecule has 2 aromatic rings. The summed E-state index contributed by atoms with van der Waals surface area (Å²) in [7, 11) is 0. The highest BCUT2D eigenvalue weighted by Crippen LogP contribution is 2.32. The minimum Gasteiger partial charge on any atom is -0.454 e. The van der Waals surface area contributed by atoms with Crippen LogP contribution in [0.25, 0.3) is 0 Å². The van der Waals surface area contributed by atoms with E-state index in [0.29, 0.717) is 56.2 Å². The van der Waals surface area contributed by atoms with Crippen LogP contribution in [0.1, 0.15) is 22.3 Å². The van der Waals surface area contributed by atoms with Crippen LogP contribution < -0.4 is 9.47 Å². The molecular weight excluding hydrogens is 356 g/mol. The summed E-state index contributed by atoms with van der Waals surface area (Å²) in [5.74, 6) is 1.55. The highest BCUT2D eigenvalue weighted by atomic mass is 16.7. The Bertz CT molecular complexity index is 845. The molecule has 0 bridgehead atoms. The zero-order valence-electron chi connectivity index (χ0n) is 15.8. The number of hydrogen-bond acceptors (Lipinski definition) is 5. The van der Waals surface area contributed by atoms with Crippen LogP contribution in [0.5, 0.6) is 11.5 Å². The lowest BCUT2D eigenvalue weighted by Gasteiger charge is -2.34. The number of benzene rings is 2. The summed E-state index contributed by atoms with van der Waals surface area (Å²) in [5, 5.41) is 0. The fourth-order valence-corrected chi connectivity index (χ4v) is 3.57. The number of amides is 1. The van der Waals surface area contributed by atoms with E-state index in [1.54, 1.807) is 18.2 Å². The molecule has 6 heteroatoms. The Morgan fingerprint density at radius 1 is 0.893 bits per heavy atom. The molecule has 28 heavy (non-hydrogen) atoms. The second-order valence-electron chi connectivity index (χ2n) is 7.13. The average molecular weight is 380 g/mol. The summed E-state index contributed by atoms with van der Waals surface area (Å²) in [5.41, 5.74) is 1.81. The zero-order valence-corrected chi connectivity index (χ0v) is 15.8. The Balaban J connectivity index is 1.23. The van der Waals surface area contributed by atoms with Gasteiger partial charge in [-0.1, -0.05) is 30.3 Å². The van der Waals surface area contributed by atoms with Gasteiger partial charge in [-0.2, -0.15) is 0 Å². The first kappa shape index (κ1) is 18.5. The number of ketones is 1. The molecule has 1 amide bonds. The first-order valence-electron chi connectivity index (χ1n) is 9.66. The highest BCUT2D eigenvalue weighted by Gasteiger charge is 2.23. The molecule has 0 aromatic heterocycles. The van der Waals surface area contributed by atoms with Crippen LogP contribution >= 0.6 is 0 Å². The number of rotatable bonds is 6. The van der Waals surface area contributed by atoms with Crippen LogP contribution in [0, 0.1) is 0 Å². The van der Waals surface area contributed by atoms with Crippen molar-refractivity contribution >= 4 is 11.7 Å². The van der Waals surface area contributed by atoms with Crippen molar-refractivity contribution in [2.45, 2.75) is 12.8 Å². The predicted octanol–water partition coefficient (Wildman–Crippen LogP) is 2.38. The molecule has 0 atom stereocenters. The maximum absolute atomic E-state index is 12.6. The second-order valence-corrected chi connectivity index (χ2v) is 7.13. The van der Waals surface area contributed by atoms with Crippen LogP contribution in [0.3, 0.4) is 0 Å². The standard InChI is InChI=1S/C22H24N2O4/c25-19(18-7-8-20-21(14-18)28-16-27-20)15-23-10-12-24(13-11-23)22(26)9-6-17-4-2-1-3-5-17/h1-5,7-8,14H,6,9-13,15-16H2. The molecule has 2 aliphatic heterocycles. The van der Waals surface area contributed by atoms with Gasteiger partial charge in [0, 0.05) is 38.2 Å². The lowest BCUT2D eigenvalue weighted by atomic mass is 10.1. The number of hydrogen-bond donors (Lipinski definition) is 0. The molecular formula is C22H24N2O4. The summed E-state index contributed by atoms with van der Waals surface area (Å²) >= 11 is 0. The summed E-state index contributed by atoms with van der Waals surface area (Å²) < 4.78 is 10.6. The van der Waals surface area contributed by atoms with Gasteiger partial charge in [-0.3, -0.25) is 14.5 Å². The zero-order chi connectivity index (χ0) is 19.3. The molecule has 0 aliphatic carbocycles. The lowest BCUT2D eigenvalue weighted by molar-refractivity contribution is -0.132. The SMILES string of the molecule is O=C(CN1CCN(C(=O)CCc2ccccc2)CC1)c1ccc2c(c1)OCO2. The van der Waals surface area contributed by atoms with Gasteiger partial charge in [0.15, 0.2) is 17.3 Å². The van der Waals surface area contributed by atoms with E-state index in [1.807, 2.05) is 35.2 Å². The molecule has 4 rings (SSSR count). The maximum Gasteiger partial charge on any atom is 0.231 e. The Morgan fingerprint density at radius 2 is 1.64 bits per heavy atom. The third kappa shape index (κ3) is 4.34. The molecule has 1 fully saturated rings. The Kier molecular flexibility index (Phi) is 5.58. The minimum absolute atomic E-state index is 0.0576. The molecule has 0 unspecified atom stereocenters. The van der Waals surface area contributed by atoms with Crippen molar-refractivity contribution in [1.82, 2.24) is 9.80 Å². The third-order valence-electron chi connectivity index (χ3n) is 5.26. The van der Waals surface area contributed by atoms with Crippen molar-refractivity contribution in [3.05, 3.63) is 59.7 Å². The van der Waals surface area contributed by atoms with Crippen LogP contribution in [0.15, 0.2) is 48.5 Å². The molecule has 2 aliphatic rings. The van der Waals surface area contributed by atoms with Gasteiger partial charge in [-0.05, 0) is 30.2 Å². The van der Waals surface area contributed by atoms with Gasteiger partial charge in [0.25, 0.3) is 0 Å². The number of ether oxygens (including phenoxy) is 2. The molecule has 6 nitrogen and oxygen atoms in total. The highest BCUT2D eigenvalue weighted by molar-refractivity contribution is 5.98. The van der Waals surface area contributed by atoms with E-state index in [1.165, 1.54) is 5.56 Å². The van der Waals surface area contributed by atoms with Gasteiger partial charge in [0.1, 0.15) is 0 Å². The maximum atomic E-state index is 12.6. The number of piperazine rings is 1. The number of fused-ring (bicyclic) bond motifs is 1. The predicted molar refractivity (Wildman–Crippen MR) is 105 cm³/mol. The van der Waals surface area contributed by atoms with E-state index in [4.69, 9.17) is 9.47 Å². The monoisotopic (exact) mass is 380 g/mol. The van der Waals surface area contributed by atoms with E-state index in [2.05, 4.69) is 4.90 Å². The normalized spacial score (nSPS) is 16.2. The Labute approximate surface area is 164 Å². The number of nitrogens with zero attached hydrogens (tertiary/aromatic N) is 2. The van der Waals surface area contributed by atoms with Crippen molar-refractivity contribution in [3.8, 4) is 11.5 Å². The first-order valence-corrected chi connectivity index (χ1v) is 9.66. The lowest BCUT2D eigenvalue weighted by Crippen LogP contribution is -2.49. The molecule has 0 radical (unpaired) electrons. The quantitative estimate of drug-likeness (QED) is 0.720. The molecule has 1 saturated heterocycles. The first-order chi connectivity index (χ1) is 13.7. The van der Waals surface area contributed by atoms with Crippen LogP contribution in [-0.4, -0.2) is 61.0 Å². The Morgan fingerprint density at radius 3 is 2.43 bits per heavy atom. The summed E-state index contributed by atoms with van der Waals surface area (Å²) in [6, 6.07) is 15.4. The third-order valence-corrected chi connectivity index (χ3v) is 5.26. The van der Waals surface area contributed by atoms with E-state index >= 15 is 0 Å². The van der Waals surface area contributed by atoms with Gasteiger partial charge in [-0.25, -0.2) is 0 Å². The van der Waals surface area contributed by atoms with Crippen LogP contribution in [-0.2, 0) is 11.2 Å². The van der Waals surface area contributed by atoms with Crippen molar-refractivity contribution in [2.24, 2.45) is 0 Å². The van der Waals surface area contributed by atoms with E-state index < -0.39 is 0 Å². The molecule has 0 N–H and O–H groups in total. The largest absolute Gasteiger partial charge is 0.454 e. The van der Waals surface area contributed by atoms with Crippen molar-refractivity contribution in [2.75, 3.05) is 39.5 Å². The Hall–Kier alpha value is -2.86. The van der Waals surface area contributed by atoms with Gasteiger partial charge in [0.2, 0.25) is 12.7 Å². The second kappa shape index (κ2) is 8.44. The van der Waals surface area contributed by atoms with Gasteiger partial charge < -0.3 is 14.4 Å². The smallest absolute Gasteiger partial charge is 0.231 e. The van der Waals surface area contributed by atoms with E-state index in [0.717, 1.165) is 6.42 Å².